The molecule has 1 aromatic carbocycles. The van der Waals surface area contributed by atoms with E-state index in [2.05, 4.69) is 35.5 Å². The fourth-order valence-electron chi connectivity index (χ4n) is 1.53. The first-order chi connectivity index (χ1) is 6.33. The summed E-state index contributed by atoms with van der Waals surface area (Å²) in [6, 6.07) is 8.79. The highest BCUT2D eigenvalue weighted by atomic mass is 15.1. The quantitative estimate of drug-likeness (QED) is 0.684. The SMILES string of the molecule is CC[C@@H](C)n1cnc2ccccc21. The first-order valence-electron chi connectivity index (χ1n) is 4.74. The zero-order valence-electron chi connectivity index (χ0n) is 8.07. The smallest absolute Gasteiger partial charge is 0.0960 e. The van der Waals surface area contributed by atoms with Gasteiger partial charge in [-0.3, -0.25) is 0 Å². The molecule has 0 saturated heterocycles. The Morgan fingerprint density at radius 3 is 2.92 bits per heavy atom. The molecule has 0 radical (unpaired) electrons. The van der Waals surface area contributed by atoms with Gasteiger partial charge in [-0.25, -0.2) is 4.98 Å². The summed E-state index contributed by atoms with van der Waals surface area (Å²) in [5.41, 5.74) is 2.32. The number of para-hydroxylation sites is 2. The van der Waals surface area contributed by atoms with E-state index in [0.29, 0.717) is 6.04 Å². The molecule has 0 aliphatic carbocycles. The van der Waals surface area contributed by atoms with E-state index in [4.69, 9.17) is 0 Å². The van der Waals surface area contributed by atoms with E-state index in [1.54, 1.807) is 0 Å². The van der Waals surface area contributed by atoms with E-state index in [-0.39, 0.29) is 0 Å². The van der Waals surface area contributed by atoms with Crippen molar-refractivity contribution in [3.63, 3.8) is 0 Å². The van der Waals surface area contributed by atoms with Crippen LogP contribution >= 0.6 is 0 Å². The van der Waals surface area contributed by atoms with E-state index in [0.717, 1.165) is 11.9 Å². The minimum atomic E-state index is 0.535. The Morgan fingerprint density at radius 2 is 2.15 bits per heavy atom. The fraction of sp³-hybridized carbons (Fsp3) is 0.364. The number of nitrogens with zero attached hydrogens (tertiary/aromatic N) is 2. The summed E-state index contributed by atoms with van der Waals surface area (Å²) in [6.07, 6.45) is 3.07. The van der Waals surface area contributed by atoms with Gasteiger partial charge in [-0.1, -0.05) is 19.1 Å². The Kier molecular flexibility index (Phi) is 2.05. The lowest BCUT2D eigenvalue weighted by Crippen LogP contribution is -2.01. The van der Waals surface area contributed by atoms with Crippen molar-refractivity contribution in [1.82, 2.24) is 9.55 Å². The van der Waals surface area contributed by atoms with Crippen LogP contribution < -0.4 is 0 Å². The molecule has 0 aliphatic heterocycles. The van der Waals surface area contributed by atoms with Gasteiger partial charge in [0.1, 0.15) is 0 Å². The van der Waals surface area contributed by atoms with Gasteiger partial charge in [-0.15, -0.1) is 0 Å². The summed E-state index contributed by atoms with van der Waals surface area (Å²) < 4.78 is 2.23. The molecule has 68 valence electrons. The van der Waals surface area contributed by atoms with Gasteiger partial charge in [-0.2, -0.15) is 0 Å². The van der Waals surface area contributed by atoms with Gasteiger partial charge in [-0.05, 0) is 25.5 Å². The number of benzene rings is 1. The van der Waals surface area contributed by atoms with E-state index in [1.807, 2.05) is 18.5 Å². The van der Waals surface area contributed by atoms with Gasteiger partial charge in [0.05, 0.1) is 17.4 Å². The molecule has 0 bridgehead atoms. The molecule has 2 aromatic rings. The Hall–Kier alpha value is -1.31. The lowest BCUT2D eigenvalue weighted by Gasteiger charge is -2.10. The lowest BCUT2D eigenvalue weighted by molar-refractivity contribution is 0.544. The second-order valence-electron chi connectivity index (χ2n) is 3.40. The van der Waals surface area contributed by atoms with Crippen molar-refractivity contribution < 1.29 is 0 Å². The third-order valence-corrected chi connectivity index (χ3v) is 2.55. The average Bonchev–Trinajstić information content (AvgIpc) is 2.60. The van der Waals surface area contributed by atoms with Crippen LogP contribution in [0.1, 0.15) is 26.3 Å². The van der Waals surface area contributed by atoms with E-state index in [1.165, 1.54) is 5.52 Å². The summed E-state index contributed by atoms with van der Waals surface area (Å²) >= 11 is 0. The molecule has 2 nitrogen and oxygen atoms in total. The van der Waals surface area contributed by atoms with Gasteiger partial charge >= 0.3 is 0 Å². The maximum Gasteiger partial charge on any atom is 0.0960 e. The van der Waals surface area contributed by atoms with Gasteiger partial charge in [0.25, 0.3) is 0 Å². The molecule has 0 spiro atoms. The predicted octanol–water partition coefficient (Wildman–Crippen LogP) is 3.01. The summed E-state index contributed by atoms with van der Waals surface area (Å²) in [4.78, 5) is 4.35. The maximum absolute atomic E-state index is 4.35. The highest BCUT2D eigenvalue weighted by Gasteiger charge is 2.05. The van der Waals surface area contributed by atoms with Crippen LogP contribution in [0.5, 0.6) is 0 Å². The number of hydrogen-bond donors (Lipinski definition) is 0. The van der Waals surface area contributed by atoms with Crippen molar-refractivity contribution in [2.24, 2.45) is 0 Å². The molecule has 1 heterocycles. The number of hydrogen-bond acceptors (Lipinski definition) is 1. The van der Waals surface area contributed by atoms with Crippen LogP contribution in [0.25, 0.3) is 11.0 Å². The zero-order chi connectivity index (χ0) is 9.26. The summed E-state index contributed by atoms with van der Waals surface area (Å²) in [7, 11) is 0. The summed E-state index contributed by atoms with van der Waals surface area (Å²) in [6.45, 7) is 4.41. The number of fused-ring (bicyclic) bond motifs is 1. The predicted molar refractivity (Wildman–Crippen MR) is 54.7 cm³/mol. The molecular formula is C11H14N2. The van der Waals surface area contributed by atoms with Crippen molar-refractivity contribution in [3.05, 3.63) is 30.6 Å². The Morgan fingerprint density at radius 1 is 1.38 bits per heavy atom. The monoisotopic (exact) mass is 174 g/mol. The topological polar surface area (TPSA) is 17.8 Å². The Labute approximate surface area is 78.2 Å². The molecule has 2 rings (SSSR count). The summed E-state index contributed by atoms with van der Waals surface area (Å²) in [5.74, 6) is 0. The van der Waals surface area contributed by atoms with Crippen molar-refractivity contribution in [2.45, 2.75) is 26.3 Å². The van der Waals surface area contributed by atoms with E-state index in [9.17, 15) is 0 Å². The first-order valence-corrected chi connectivity index (χ1v) is 4.74. The molecule has 0 fully saturated rings. The van der Waals surface area contributed by atoms with Gasteiger partial charge in [0.15, 0.2) is 0 Å². The fourth-order valence-corrected chi connectivity index (χ4v) is 1.53. The van der Waals surface area contributed by atoms with Crippen LogP contribution in [0.2, 0.25) is 0 Å². The minimum Gasteiger partial charge on any atom is -0.328 e. The Balaban J connectivity index is 2.57. The van der Waals surface area contributed by atoms with Crippen LogP contribution in [0.15, 0.2) is 30.6 Å². The zero-order valence-corrected chi connectivity index (χ0v) is 8.07. The number of rotatable bonds is 2. The highest BCUT2D eigenvalue weighted by molar-refractivity contribution is 5.75. The average molecular weight is 174 g/mol. The van der Waals surface area contributed by atoms with Crippen molar-refractivity contribution >= 4 is 11.0 Å². The number of imidazole rings is 1. The van der Waals surface area contributed by atoms with Crippen molar-refractivity contribution in [2.75, 3.05) is 0 Å². The standard InChI is InChI=1S/C11H14N2/c1-3-9(2)13-8-12-10-6-4-5-7-11(10)13/h4-9H,3H2,1-2H3/t9-/m1/s1. The van der Waals surface area contributed by atoms with Gasteiger partial charge in [0.2, 0.25) is 0 Å². The molecule has 0 N–H and O–H groups in total. The van der Waals surface area contributed by atoms with Crippen LogP contribution in [-0.2, 0) is 0 Å². The molecule has 1 atom stereocenters. The lowest BCUT2D eigenvalue weighted by atomic mass is 10.2. The minimum absolute atomic E-state index is 0.535. The van der Waals surface area contributed by atoms with E-state index >= 15 is 0 Å². The highest BCUT2D eigenvalue weighted by Crippen LogP contribution is 2.18. The third kappa shape index (κ3) is 1.32. The van der Waals surface area contributed by atoms with Crippen molar-refractivity contribution in [1.29, 1.82) is 0 Å². The van der Waals surface area contributed by atoms with Crippen LogP contribution in [-0.4, -0.2) is 9.55 Å². The van der Waals surface area contributed by atoms with E-state index < -0.39 is 0 Å². The molecule has 13 heavy (non-hydrogen) atoms. The molecule has 2 heteroatoms. The Bertz CT molecular complexity index is 403. The molecule has 0 aliphatic rings. The van der Waals surface area contributed by atoms with Gasteiger partial charge in [0, 0.05) is 6.04 Å². The second-order valence-corrected chi connectivity index (χ2v) is 3.40. The first kappa shape index (κ1) is 8.30. The second kappa shape index (κ2) is 3.21. The molecule has 0 amide bonds. The molecule has 0 unspecified atom stereocenters. The molecule has 1 aromatic heterocycles. The maximum atomic E-state index is 4.35. The van der Waals surface area contributed by atoms with Crippen LogP contribution in [0, 0.1) is 0 Å². The molecular weight excluding hydrogens is 160 g/mol. The largest absolute Gasteiger partial charge is 0.328 e. The van der Waals surface area contributed by atoms with Crippen LogP contribution in [0.3, 0.4) is 0 Å². The van der Waals surface area contributed by atoms with Gasteiger partial charge < -0.3 is 4.57 Å². The van der Waals surface area contributed by atoms with Crippen molar-refractivity contribution in [3.8, 4) is 0 Å². The van der Waals surface area contributed by atoms with Crippen LogP contribution in [0.4, 0.5) is 0 Å². The third-order valence-electron chi connectivity index (χ3n) is 2.55. The normalized spacial score (nSPS) is 13.4. The summed E-state index contributed by atoms with van der Waals surface area (Å²) in [5, 5.41) is 0. The number of aromatic nitrogens is 2. The molecule has 0 saturated carbocycles.